The smallest absolute Gasteiger partial charge is 0.137 e. The van der Waals surface area contributed by atoms with Gasteiger partial charge >= 0.3 is 0 Å². The summed E-state index contributed by atoms with van der Waals surface area (Å²) in [6, 6.07) is 0. The number of hydrogen-bond acceptors (Lipinski definition) is 2. The van der Waals surface area contributed by atoms with Gasteiger partial charge in [0.2, 0.25) is 0 Å². The first-order chi connectivity index (χ1) is 9.19. The maximum absolute atomic E-state index is 12.1. The average Bonchev–Trinajstić information content (AvgIpc) is 2.42. The van der Waals surface area contributed by atoms with Gasteiger partial charge < -0.3 is 4.90 Å². The maximum atomic E-state index is 12.1. The van der Waals surface area contributed by atoms with Crippen LogP contribution in [-0.2, 0) is 4.79 Å². The van der Waals surface area contributed by atoms with E-state index in [1.165, 1.54) is 45.1 Å². The van der Waals surface area contributed by atoms with Crippen LogP contribution in [0, 0.1) is 17.8 Å². The normalized spacial score (nSPS) is 29.9. The van der Waals surface area contributed by atoms with Crippen LogP contribution >= 0.6 is 0 Å². The lowest BCUT2D eigenvalue weighted by Crippen LogP contribution is -2.37. The summed E-state index contributed by atoms with van der Waals surface area (Å²) in [6.45, 7) is 4.48. The van der Waals surface area contributed by atoms with Gasteiger partial charge in [0.05, 0.1) is 0 Å². The van der Waals surface area contributed by atoms with Crippen LogP contribution in [0.4, 0.5) is 0 Å². The fourth-order valence-electron chi connectivity index (χ4n) is 4.01. The van der Waals surface area contributed by atoms with Gasteiger partial charge in [0.15, 0.2) is 0 Å². The molecule has 2 fully saturated rings. The van der Waals surface area contributed by atoms with Crippen molar-refractivity contribution < 1.29 is 4.79 Å². The molecule has 0 aliphatic heterocycles. The summed E-state index contributed by atoms with van der Waals surface area (Å²) >= 11 is 0. The van der Waals surface area contributed by atoms with Crippen LogP contribution in [0.15, 0.2) is 0 Å². The lowest BCUT2D eigenvalue weighted by molar-refractivity contribution is -0.126. The summed E-state index contributed by atoms with van der Waals surface area (Å²) < 4.78 is 0. The van der Waals surface area contributed by atoms with E-state index in [0.29, 0.717) is 11.7 Å². The third-order valence-corrected chi connectivity index (χ3v) is 5.28. The summed E-state index contributed by atoms with van der Waals surface area (Å²) in [6.07, 6.45) is 11.4. The van der Waals surface area contributed by atoms with Crippen LogP contribution in [-0.4, -0.2) is 30.8 Å². The van der Waals surface area contributed by atoms with Crippen molar-refractivity contribution in [2.75, 3.05) is 20.1 Å². The molecule has 0 radical (unpaired) electrons. The zero-order chi connectivity index (χ0) is 13.7. The summed E-state index contributed by atoms with van der Waals surface area (Å²) in [5, 5.41) is 0. The molecule has 0 saturated heterocycles. The summed E-state index contributed by atoms with van der Waals surface area (Å²) in [4.78, 5) is 14.5. The lowest BCUT2D eigenvalue weighted by Gasteiger charge is -2.32. The molecule has 0 spiro atoms. The van der Waals surface area contributed by atoms with Gasteiger partial charge in [0, 0.05) is 25.4 Å². The Hall–Kier alpha value is -0.370. The zero-order valence-electron chi connectivity index (χ0n) is 12.9. The molecule has 2 nitrogen and oxygen atoms in total. The molecule has 19 heavy (non-hydrogen) atoms. The van der Waals surface area contributed by atoms with Crippen LogP contribution in [0.3, 0.4) is 0 Å². The monoisotopic (exact) mass is 265 g/mol. The molecule has 110 valence electrons. The minimum Gasteiger partial charge on any atom is -0.305 e. The molecule has 0 aromatic rings. The second kappa shape index (κ2) is 7.42. The molecule has 2 aliphatic rings. The number of ketones is 1. The van der Waals surface area contributed by atoms with E-state index in [-0.39, 0.29) is 0 Å². The van der Waals surface area contributed by atoms with Gasteiger partial charge in [-0.25, -0.2) is 0 Å². The van der Waals surface area contributed by atoms with Crippen molar-refractivity contribution in [3.63, 3.8) is 0 Å². The number of carbonyl (C=O) groups is 1. The van der Waals surface area contributed by atoms with E-state index < -0.39 is 0 Å². The first-order valence-electron chi connectivity index (χ1n) is 8.40. The van der Waals surface area contributed by atoms with Gasteiger partial charge in [0.1, 0.15) is 5.78 Å². The van der Waals surface area contributed by atoms with E-state index in [0.717, 1.165) is 37.6 Å². The molecule has 0 bridgehead atoms. The topological polar surface area (TPSA) is 20.3 Å². The van der Waals surface area contributed by atoms with Crippen LogP contribution in [0.25, 0.3) is 0 Å². The van der Waals surface area contributed by atoms with E-state index in [9.17, 15) is 4.79 Å². The first-order valence-corrected chi connectivity index (χ1v) is 8.40. The highest BCUT2D eigenvalue weighted by molar-refractivity contribution is 5.81. The molecule has 0 N–H and O–H groups in total. The fraction of sp³-hybridized carbons (Fsp3) is 0.941. The van der Waals surface area contributed by atoms with E-state index in [2.05, 4.69) is 18.9 Å². The van der Waals surface area contributed by atoms with Gasteiger partial charge in [-0.1, -0.05) is 32.6 Å². The Kier molecular flexibility index (Phi) is 5.87. The average molecular weight is 265 g/mol. The van der Waals surface area contributed by atoms with Crippen molar-refractivity contribution in [2.24, 2.45) is 17.8 Å². The van der Waals surface area contributed by atoms with Gasteiger partial charge in [-0.15, -0.1) is 0 Å². The van der Waals surface area contributed by atoms with Crippen molar-refractivity contribution in [1.29, 1.82) is 0 Å². The van der Waals surface area contributed by atoms with E-state index in [1.54, 1.807) is 0 Å². The van der Waals surface area contributed by atoms with Crippen molar-refractivity contribution in [3.05, 3.63) is 0 Å². The fourth-order valence-corrected chi connectivity index (χ4v) is 4.01. The van der Waals surface area contributed by atoms with E-state index in [1.807, 2.05) is 0 Å². The molecule has 2 heteroatoms. The highest BCUT2D eigenvalue weighted by Crippen LogP contribution is 2.30. The van der Waals surface area contributed by atoms with Crippen molar-refractivity contribution >= 4 is 5.78 Å². The van der Waals surface area contributed by atoms with E-state index in [4.69, 9.17) is 0 Å². The number of Topliss-reactive ketones (excluding diaryl/α,β-unsaturated/α-hetero) is 1. The van der Waals surface area contributed by atoms with Gasteiger partial charge in [0.25, 0.3) is 0 Å². The molecule has 0 aromatic carbocycles. The Morgan fingerprint density at radius 2 is 1.79 bits per heavy atom. The minimum absolute atomic E-state index is 0.326. The number of nitrogens with zero attached hydrogens (tertiary/aromatic N) is 1. The Morgan fingerprint density at radius 3 is 2.47 bits per heavy atom. The highest BCUT2D eigenvalue weighted by atomic mass is 16.1. The molecule has 2 rings (SSSR count). The Labute approximate surface area is 118 Å². The molecule has 2 unspecified atom stereocenters. The number of rotatable bonds is 5. The largest absolute Gasteiger partial charge is 0.305 e. The molecule has 2 aliphatic carbocycles. The highest BCUT2D eigenvalue weighted by Gasteiger charge is 2.29. The standard InChI is InChI=1S/C17H31NO/c1-3-14-9-10-17(19)16(11-14)13-18(2)12-15-7-5-4-6-8-15/h14-16H,3-13H2,1-2H3. The third kappa shape index (κ3) is 4.59. The van der Waals surface area contributed by atoms with Crippen molar-refractivity contribution in [1.82, 2.24) is 4.90 Å². The number of carbonyl (C=O) groups excluding carboxylic acids is 1. The van der Waals surface area contributed by atoms with Crippen molar-refractivity contribution in [3.8, 4) is 0 Å². The van der Waals surface area contributed by atoms with Crippen molar-refractivity contribution in [2.45, 2.75) is 64.7 Å². The molecular weight excluding hydrogens is 234 g/mol. The van der Waals surface area contributed by atoms with Gasteiger partial charge in [-0.05, 0) is 44.6 Å². The molecule has 0 amide bonds. The third-order valence-electron chi connectivity index (χ3n) is 5.28. The Balaban J connectivity index is 1.76. The molecule has 0 heterocycles. The predicted molar refractivity (Wildman–Crippen MR) is 80.2 cm³/mol. The maximum Gasteiger partial charge on any atom is 0.137 e. The Morgan fingerprint density at radius 1 is 1.05 bits per heavy atom. The summed E-state index contributed by atoms with van der Waals surface area (Å²) in [7, 11) is 2.22. The van der Waals surface area contributed by atoms with E-state index >= 15 is 0 Å². The van der Waals surface area contributed by atoms with Crippen LogP contribution in [0.2, 0.25) is 0 Å². The number of hydrogen-bond donors (Lipinski definition) is 0. The molecule has 2 saturated carbocycles. The van der Waals surface area contributed by atoms with Gasteiger partial charge in [-0.2, -0.15) is 0 Å². The van der Waals surface area contributed by atoms with Crippen LogP contribution in [0.5, 0.6) is 0 Å². The first kappa shape index (κ1) is 15.0. The molecular formula is C17H31NO. The SMILES string of the molecule is CCC1CCC(=O)C(CN(C)CC2CCCCC2)C1. The lowest BCUT2D eigenvalue weighted by atomic mass is 9.79. The van der Waals surface area contributed by atoms with Gasteiger partial charge in [-0.3, -0.25) is 4.79 Å². The molecule has 2 atom stereocenters. The second-order valence-electron chi connectivity index (χ2n) is 6.94. The summed E-state index contributed by atoms with van der Waals surface area (Å²) in [5.74, 6) is 2.54. The Bertz CT molecular complexity index is 283. The van der Waals surface area contributed by atoms with Crippen LogP contribution in [0.1, 0.15) is 64.7 Å². The minimum atomic E-state index is 0.326. The zero-order valence-corrected chi connectivity index (χ0v) is 12.9. The second-order valence-corrected chi connectivity index (χ2v) is 6.94. The quantitative estimate of drug-likeness (QED) is 0.751. The predicted octanol–water partition coefficient (Wildman–Crippen LogP) is 3.89. The van der Waals surface area contributed by atoms with Crippen LogP contribution < -0.4 is 0 Å². The molecule has 0 aromatic heterocycles. The summed E-state index contributed by atoms with van der Waals surface area (Å²) in [5.41, 5.74) is 0.